The lowest BCUT2D eigenvalue weighted by atomic mass is 9.94. The number of halogens is 1. The van der Waals surface area contributed by atoms with Crippen molar-refractivity contribution in [3.05, 3.63) is 47.1 Å². The average molecular weight is 402 g/mol. The van der Waals surface area contributed by atoms with Crippen molar-refractivity contribution in [1.82, 2.24) is 25.1 Å². The number of cyclic esters (lactones) is 1. The van der Waals surface area contributed by atoms with Crippen molar-refractivity contribution in [1.29, 1.82) is 0 Å². The first-order valence-corrected chi connectivity index (χ1v) is 9.25. The number of carbonyl (C=O) groups is 1. The van der Waals surface area contributed by atoms with Crippen LogP contribution >= 0.6 is 0 Å². The van der Waals surface area contributed by atoms with Gasteiger partial charge < -0.3 is 19.2 Å². The van der Waals surface area contributed by atoms with Gasteiger partial charge in [-0.1, -0.05) is 11.2 Å². The number of rotatable bonds is 4. The molecule has 2 aliphatic heterocycles. The fraction of sp³-hybridized carbons (Fsp3) is 0.444. The molecular formula is C18H19FN6O4. The Morgan fingerprint density at radius 3 is 2.90 bits per heavy atom. The lowest BCUT2D eigenvalue weighted by molar-refractivity contribution is 0.0952. The van der Waals surface area contributed by atoms with Gasteiger partial charge in [0.05, 0.1) is 32.7 Å². The summed E-state index contributed by atoms with van der Waals surface area (Å²) < 4.78 is 25.8. The third-order valence-corrected chi connectivity index (χ3v) is 5.26. The first-order valence-electron chi connectivity index (χ1n) is 9.25. The summed E-state index contributed by atoms with van der Waals surface area (Å²) in [5.74, 6) is 1.25. The highest BCUT2D eigenvalue weighted by Gasteiger charge is 2.36. The van der Waals surface area contributed by atoms with E-state index in [2.05, 4.69) is 15.4 Å². The van der Waals surface area contributed by atoms with Gasteiger partial charge in [-0.2, -0.15) is 4.80 Å². The fourth-order valence-electron chi connectivity index (χ4n) is 3.79. The molecule has 2 aromatic rings. The van der Waals surface area contributed by atoms with Crippen LogP contribution in [0.2, 0.25) is 0 Å². The van der Waals surface area contributed by atoms with E-state index >= 15 is 0 Å². The highest BCUT2D eigenvalue weighted by molar-refractivity contribution is 5.73. The Balaban J connectivity index is 1.29. The second-order valence-electron chi connectivity index (χ2n) is 7.25. The summed E-state index contributed by atoms with van der Waals surface area (Å²) in [6.07, 6.45) is 2.24. The summed E-state index contributed by atoms with van der Waals surface area (Å²) in [4.78, 5) is 16.6. The van der Waals surface area contributed by atoms with Crippen LogP contribution in [0.1, 0.15) is 23.0 Å². The van der Waals surface area contributed by atoms with Crippen LogP contribution in [0.15, 0.2) is 34.4 Å². The third kappa shape index (κ3) is 3.07. The summed E-state index contributed by atoms with van der Waals surface area (Å²) in [7, 11) is 1.70. The number of hydrogen-bond acceptors (Lipinski definition) is 8. The second-order valence-corrected chi connectivity index (χ2v) is 7.25. The van der Waals surface area contributed by atoms with E-state index in [1.165, 1.54) is 15.8 Å². The molecule has 11 heteroatoms. The molecule has 2 unspecified atom stereocenters. The number of aromatic nitrogens is 4. The molecule has 1 aliphatic carbocycles. The van der Waals surface area contributed by atoms with Crippen LogP contribution in [0.3, 0.4) is 0 Å². The zero-order chi connectivity index (χ0) is 20.1. The zero-order valence-corrected chi connectivity index (χ0v) is 15.6. The molecule has 10 nitrogen and oxygen atoms in total. The number of furan rings is 1. The third-order valence-electron chi connectivity index (χ3n) is 5.26. The quantitative estimate of drug-likeness (QED) is 0.807. The summed E-state index contributed by atoms with van der Waals surface area (Å²) in [5.41, 5.74) is 1.39. The molecule has 3 aliphatic rings. The maximum Gasteiger partial charge on any atom is 0.414 e. The van der Waals surface area contributed by atoms with Crippen LogP contribution in [0.4, 0.5) is 15.1 Å². The van der Waals surface area contributed by atoms with Crippen molar-refractivity contribution in [2.45, 2.75) is 31.3 Å². The van der Waals surface area contributed by atoms with E-state index in [1.807, 2.05) is 11.0 Å². The first-order chi connectivity index (χ1) is 14.0. The number of fused-ring (bicyclic) bond motifs is 1. The van der Waals surface area contributed by atoms with E-state index in [1.54, 1.807) is 19.2 Å². The van der Waals surface area contributed by atoms with Gasteiger partial charge in [-0.05, 0) is 23.4 Å². The van der Waals surface area contributed by atoms with Crippen molar-refractivity contribution in [2.24, 2.45) is 7.05 Å². The second kappa shape index (κ2) is 6.69. The van der Waals surface area contributed by atoms with Gasteiger partial charge >= 0.3 is 6.09 Å². The SMILES string of the molecule is Cn1nnc(N2Cc3cc(C4C=CC(N5C[C@H](CO)OC5=O)=CC4F)oc3C2)n1. The molecule has 1 N–H and O–H groups in total. The lowest BCUT2D eigenvalue weighted by Gasteiger charge is -2.22. The number of nitrogens with zero attached hydrogens (tertiary/aromatic N) is 6. The number of hydrogen-bond donors (Lipinski definition) is 1. The smallest absolute Gasteiger partial charge is 0.414 e. The van der Waals surface area contributed by atoms with Gasteiger partial charge in [0.25, 0.3) is 5.95 Å². The molecule has 0 bridgehead atoms. The number of carbonyl (C=O) groups excluding carboxylic acids is 1. The number of aliphatic hydroxyl groups is 1. The van der Waals surface area contributed by atoms with Crippen molar-refractivity contribution in [3.8, 4) is 0 Å². The minimum Gasteiger partial charge on any atom is -0.463 e. The molecule has 0 spiro atoms. The summed E-state index contributed by atoms with van der Waals surface area (Å²) in [6.45, 7) is 1.00. The molecule has 5 rings (SSSR count). The van der Waals surface area contributed by atoms with Crippen molar-refractivity contribution >= 4 is 12.0 Å². The topological polar surface area (TPSA) is 110 Å². The molecule has 1 amide bonds. The average Bonchev–Trinajstić information content (AvgIpc) is 3.44. The number of aryl methyl sites for hydroxylation is 1. The standard InChI is InChI=1S/C18H19FN6O4/c1-23-21-17(20-22-23)24-6-10-4-15(29-16(10)8-24)13-3-2-11(5-14(13)19)25-7-12(9-26)28-18(25)27/h2-5,12-14,26H,6-9H2,1H3/t12-,13?,14?/m1/s1. The Hall–Kier alpha value is -3.21. The van der Waals surface area contributed by atoms with Gasteiger partial charge in [0.15, 0.2) is 0 Å². The van der Waals surface area contributed by atoms with Crippen LogP contribution in [0.5, 0.6) is 0 Å². The molecule has 0 saturated carbocycles. The predicted molar refractivity (Wildman–Crippen MR) is 96.3 cm³/mol. The summed E-state index contributed by atoms with van der Waals surface area (Å²) in [5, 5.41) is 21.2. The maximum atomic E-state index is 14.9. The van der Waals surface area contributed by atoms with E-state index in [0.717, 1.165) is 11.3 Å². The van der Waals surface area contributed by atoms with E-state index in [-0.39, 0.29) is 13.2 Å². The number of ether oxygens (including phenoxy) is 1. The van der Waals surface area contributed by atoms with Gasteiger partial charge in [-0.25, -0.2) is 9.18 Å². The minimum absolute atomic E-state index is 0.199. The number of aliphatic hydroxyl groups excluding tert-OH is 1. The molecule has 152 valence electrons. The number of tetrazole rings is 1. The van der Waals surface area contributed by atoms with Crippen molar-refractivity contribution < 1.29 is 23.4 Å². The fourth-order valence-corrected chi connectivity index (χ4v) is 3.79. The van der Waals surface area contributed by atoms with Crippen LogP contribution in [-0.4, -0.2) is 61.7 Å². The van der Waals surface area contributed by atoms with Crippen LogP contribution in [0.25, 0.3) is 0 Å². The van der Waals surface area contributed by atoms with Crippen LogP contribution in [0, 0.1) is 0 Å². The number of alkyl halides is 1. The molecule has 3 atom stereocenters. The van der Waals surface area contributed by atoms with E-state index in [4.69, 9.17) is 14.3 Å². The summed E-state index contributed by atoms with van der Waals surface area (Å²) >= 11 is 0. The van der Waals surface area contributed by atoms with Crippen LogP contribution < -0.4 is 4.90 Å². The molecule has 0 aromatic carbocycles. The van der Waals surface area contributed by atoms with Crippen LogP contribution in [-0.2, 0) is 24.9 Å². The molecule has 1 saturated heterocycles. The zero-order valence-electron chi connectivity index (χ0n) is 15.6. The molecule has 29 heavy (non-hydrogen) atoms. The minimum atomic E-state index is -1.35. The van der Waals surface area contributed by atoms with E-state index < -0.39 is 24.3 Å². The Morgan fingerprint density at radius 1 is 1.38 bits per heavy atom. The highest BCUT2D eigenvalue weighted by Crippen LogP contribution is 2.36. The van der Waals surface area contributed by atoms with Crippen molar-refractivity contribution in [2.75, 3.05) is 18.1 Å². The van der Waals surface area contributed by atoms with Crippen molar-refractivity contribution in [3.63, 3.8) is 0 Å². The lowest BCUT2D eigenvalue weighted by Crippen LogP contribution is -2.27. The number of amides is 1. The van der Waals surface area contributed by atoms with Gasteiger partial charge in [-0.15, -0.1) is 5.10 Å². The largest absolute Gasteiger partial charge is 0.463 e. The van der Waals surface area contributed by atoms with Gasteiger partial charge in [0.2, 0.25) is 0 Å². The van der Waals surface area contributed by atoms with E-state index in [0.29, 0.717) is 30.5 Å². The molecule has 2 aromatic heterocycles. The monoisotopic (exact) mass is 402 g/mol. The van der Waals surface area contributed by atoms with E-state index in [9.17, 15) is 9.18 Å². The van der Waals surface area contributed by atoms with Gasteiger partial charge in [-0.3, -0.25) is 4.90 Å². The molecular weight excluding hydrogens is 383 g/mol. The number of anilines is 1. The summed E-state index contributed by atoms with van der Waals surface area (Å²) in [6, 6.07) is 1.86. The Bertz CT molecular complexity index is 990. The molecule has 0 radical (unpaired) electrons. The molecule has 1 fully saturated rings. The Kier molecular flexibility index (Phi) is 4.12. The van der Waals surface area contributed by atoms with Gasteiger partial charge in [0.1, 0.15) is 23.8 Å². The first kappa shape index (κ1) is 17.9. The highest BCUT2D eigenvalue weighted by atomic mass is 19.1. The Morgan fingerprint density at radius 2 is 2.24 bits per heavy atom. The number of allylic oxidation sites excluding steroid dienone is 3. The normalized spacial score (nSPS) is 26.1. The maximum absolute atomic E-state index is 14.9. The van der Waals surface area contributed by atoms with Gasteiger partial charge in [0, 0.05) is 17.8 Å². The predicted octanol–water partition coefficient (Wildman–Crippen LogP) is 1.01. The molecule has 4 heterocycles. The Labute approximate surface area is 164 Å².